The van der Waals surface area contributed by atoms with E-state index in [2.05, 4.69) is 33.0 Å². The van der Waals surface area contributed by atoms with E-state index in [1.54, 1.807) is 4.90 Å². The average molecular weight is 298 g/mol. The van der Waals surface area contributed by atoms with Crippen LogP contribution in [0, 0.1) is 17.3 Å². The number of rotatable bonds is 4. The summed E-state index contributed by atoms with van der Waals surface area (Å²) < 4.78 is 0. The van der Waals surface area contributed by atoms with Crippen molar-refractivity contribution in [2.45, 2.75) is 59.4 Å². The van der Waals surface area contributed by atoms with E-state index in [4.69, 9.17) is 5.11 Å². The van der Waals surface area contributed by atoms with Crippen LogP contribution in [-0.2, 0) is 4.79 Å². The van der Waals surface area contributed by atoms with Gasteiger partial charge in [-0.15, -0.1) is 0 Å². The number of urea groups is 1. The van der Waals surface area contributed by atoms with Crippen molar-refractivity contribution in [2.75, 3.05) is 13.6 Å². The largest absolute Gasteiger partial charge is 0.481 e. The van der Waals surface area contributed by atoms with Gasteiger partial charge in [0.25, 0.3) is 0 Å². The maximum absolute atomic E-state index is 12.2. The van der Waals surface area contributed by atoms with Crippen LogP contribution < -0.4 is 5.32 Å². The minimum Gasteiger partial charge on any atom is -0.481 e. The summed E-state index contributed by atoms with van der Waals surface area (Å²) in [5, 5.41) is 12.0. The molecule has 1 aliphatic rings. The van der Waals surface area contributed by atoms with Crippen LogP contribution in [0.15, 0.2) is 0 Å². The molecular formula is C16H30N2O3. The molecule has 0 aromatic heterocycles. The molecule has 1 saturated carbocycles. The minimum absolute atomic E-state index is 0.0437. The van der Waals surface area contributed by atoms with Crippen molar-refractivity contribution in [3.63, 3.8) is 0 Å². The van der Waals surface area contributed by atoms with Gasteiger partial charge in [-0.25, -0.2) is 4.79 Å². The van der Waals surface area contributed by atoms with Gasteiger partial charge in [0.15, 0.2) is 0 Å². The number of hydrogen-bond donors (Lipinski definition) is 2. The van der Waals surface area contributed by atoms with Crippen molar-refractivity contribution in [3.8, 4) is 0 Å². The Balaban J connectivity index is 2.36. The second-order valence-electron chi connectivity index (χ2n) is 7.39. The highest BCUT2D eigenvalue weighted by atomic mass is 16.4. The summed E-state index contributed by atoms with van der Waals surface area (Å²) >= 11 is 0. The molecule has 2 amide bonds. The van der Waals surface area contributed by atoms with Crippen molar-refractivity contribution in [3.05, 3.63) is 0 Å². The fraction of sp³-hybridized carbons (Fsp3) is 0.875. The normalized spacial score (nSPS) is 24.2. The molecule has 1 atom stereocenters. The molecule has 2 N–H and O–H groups in total. The number of carbonyl (C=O) groups excluding carboxylic acids is 1. The zero-order chi connectivity index (χ0) is 16.2. The molecule has 1 unspecified atom stereocenters. The predicted octanol–water partition coefficient (Wildman–Crippen LogP) is 2.95. The number of carbonyl (C=O) groups is 2. The third-order valence-electron chi connectivity index (χ3n) is 4.89. The van der Waals surface area contributed by atoms with Gasteiger partial charge in [0.1, 0.15) is 0 Å². The second-order valence-corrected chi connectivity index (χ2v) is 7.39. The van der Waals surface area contributed by atoms with E-state index in [9.17, 15) is 9.59 Å². The molecule has 0 aromatic rings. The first-order valence-electron chi connectivity index (χ1n) is 7.86. The fourth-order valence-corrected chi connectivity index (χ4v) is 2.73. The van der Waals surface area contributed by atoms with Crippen LogP contribution in [0.3, 0.4) is 0 Å². The molecule has 0 saturated heterocycles. The van der Waals surface area contributed by atoms with Gasteiger partial charge < -0.3 is 15.3 Å². The fourth-order valence-electron chi connectivity index (χ4n) is 2.73. The van der Waals surface area contributed by atoms with Crippen LogP contribution in [-0.4, -0.2) is 41.6 Å². The molecule has 5 nitrogen and oxygen atoms in total. The predicted molar refractivity (Wildman–Crippen MR) is 83.2 cm³/mol. The van der Waals surface area contributed by atoms with E-state index in [0.29, 0.717) is 12.5 Å². The molecule has 21 heavy (non-hydrogen) atoms. The lowest BCUT2D eigenvalue weighted by molar-refractivity contribution is -0.143. The second kappa shape index (κ2) is 7.14. The number of aliphatic carboxylic acids is 1. The molecule has 1 aliphatic carbocycles. The highest BCUT2D eigenvalue weighted by molar-refractivity contribution is 5.74. The Hall–Kier alpha value is -1.26. The Morgan fingerprint density at radius 3 is 2.19 bits per heavy atom. The van der Waals surface area contributed by atoms with Crippen molar-refractivity contribution in [1.82, 2.24) is 10.2 Å². The molecule has 122 valence electrons. The summed E-state index contributed by atoms with van der Waals surface area (Å²) in [6, 6.07) is 0.109. The monoisotopic (exact) mass is 298 g/mol. The molecule has 0 heterocycles. The molecule has 0 radical (unpaired) electrons. The quantitative estimate of drug-likeness (QED) is 0.838. The summed E-state index contributed by atoms with van der Waals surface area (Å²) in [5.41, 5.74) is 0.0473. The molecule has 0 aliphatic heterocycles. The summed E-state index contributed by atoms with van der Waals surface area (Å²) in [7, 11) is 1.83. The summed E-state index contributed by atoms with van der Waals surface area (Å²) in [6.07, 6.45) is 3.22. The first-order valence-corrected chi connectivity index (χ1v) is 7.86. The highest BCUT2D eigenvalue weighted by Gasteiger charge is 2.29. The van der Waals surface area contributed by atoms with Crippen LogP contribution in [0.25, 0.3) is 0 Å². The van der Waals surface area contributed by atoms with Crippen LogP contribution in [0.1, 0.15) is 53.4 Å². The summed E-state index contributed by atoms with van der Waals surface area (Å²) in [6.45, 7) is 9.06. The van der Waals surface area contributed by atoms with Crippen LogP contribution in [0.4, 0.5) is 4.79 Å². The number of hydrogen-bond acceptors (Lipinski definition) is 2. The SMILES string of the molecule is CC(N(C)C(=O)NCC1CCC(C(=O)O)CC1)C(C)(C)C. The molecular weight excluding hydrogens is 268 g/mol. The van der Waals surface area contributed by atoms with Gasteiger partial charge in [0, 0.05) is 19.6 Å². The smallest absolute Gasteiger partial charge is 0.317 e. The molecule has 0 spiro atoms. The Bertz CT molecular complexity index is 368. The van der Waals surface area contributed by atoms with E-state index in [1.165, 1.54) is 0 Å². The van der Waals surface area contributed by atoms with Gasteiger partial charge in [-0.2, -0.15) is 0 Å². The van der Waals surface area contributed by atoms with Crippen LogP contribution in [0.5, 0.6) is 0 Å². The van der Waals surface area contributed by atoms with Crippen molar-refractivity contribution in [1.29, 1.82) is 0 Å². The topological polar surface area (TPSA) is 69.6 Å². The van der Waals surface area contributed by atoms with Crippen molar-refractivity contribution in [2.24, 2.45) is 17.3 Å². The Kier molecular flexibility index (Phi) is 6.05. The van der Waals surface area contributed by atoms with Gasteiger partial charge in [-0.1, -0.05) is 20.8 Å². The maximum atomic E-state index is 12.2. The van der Waals surface area contributed by atoms with E-state index in [-0.39, 0.29) is 23.4 Å². The Morgan fingerprint density at radius 2 is 1.76 bits per heavy atom. The summed E-state index contributed by atoms with van der Waals surface area (Å²) in [5.74, 6) is -0.473. The number of amides is 2. The third-order valence-corrected chi connectivity index (χ3v) is 4.89. The van der Waals surface area contributed by atoms with Crippen molar-refractivity contribution < 1.29 is 14.7 Å². The maximum Gasteiger partial charge on any atom is 0.317 e. The highest BCUT2D eigenvalue weighted by Crippen LogP contribution is 2.28. The lowest BCUT2D eigenvalue weighted by atomic mass is 9.82. The third kappa shape index (κ3) is 5.21. The Labute approximate surface area is 128 Å². The van der Waals surface area contributed by atoms with E-state index >= 15 is 0 Å². The van der Waals surface area contributed by atoms with E-state index in [1.807, 2.05) is 7.05 Å². The molecule has 0 aromatic carbocycles. The van der Waals surface area contributed by atoms with Gasteiger partial charge in [-0.05, 0) is 43.9 Å². The zero-order valence-corrected chi connectivity index (χ0v) is 14.0. The van der Waals surface area contributed by atoms with E-state index in [0.717, 1.165) is 25.7 Å². The lowest BCUT2D eigenvalue weighted by Crippen LogP contribution is -2.48. The number of carboxylic acids is 1. The first-order chi connectivity index (χ1) is 9.62. The molecule has 0 bridgehead atoms. The summed E-state index contributed by atoms with van der Waals surface area (Å²) in [4.78, 5) is 24.8. The zero-order valence-electron chi connectivity index (χ0n) is 14.0. The van der Waals surface area contributed by atoms with Gasteiger partial charge in [0.2, 0.25) is 0 Å². The van der Waals surface area contributed by atoms with Gasteiger partial charge >= 0.3 is 12.0 Å². The molecule has 1 fully saturated rings. The van der Waals surface area contributed by atoms with E-state index < -0.39 is 5.97 Å². The van der Waals surface area contributed by atoms with Gasteiger partial charge in [-0.3, -0.25) is 4.79 Å². The van der Waals surface area contributed by atoms with Gasteiger partial charge in [0.05, 0.1) is 5.92 Å². The lowest BCUT2D eigenvalue weighted by Gasteiger charge is -2.36. The number of nitrogens with zero attached hydrogens (tertiary/aromatic N) is 1. The number of nitrogens with one attached hydrogen (secondary N) is 1. The van der Waals surface area contributed by atoms with Crippen molar-refractivity contribution >= 4 is 12.0 Å². The standard InChI is InChI=1S/C16H30N2O3/c1-11(16(2,3)4)18(5)15(21)17-10-12-6-8-13(9-7-12)14(19)20/h11-13H,6-10H2,1-5H3,(H,17,21)(H,19,20). The minimum atomic E-state index is -0.684. The molecule has 5 heteroatoms. The number of carboxylic acid groups (broad SMARTS) is 1. The average Bonchev–Trinajstić information content (AvgIpc) is 2.42. The van der Waals surface area contributed by atoms with Crippen LogP contribution >= 0.6 is 0 Å². The van der Waals surface area contributed by atoms with Crippen LogP contribution in [0.2, 0.25) is 0 Å². The Morgan fingerprint density at radius 1 is 1.24 bits per heavy atom. The first kappa shape index (κ1) is 17.8. The molecule has 1 rings (SSSR count).